The number of carbonyl (C=O) groups is 2. The third kappa shape index (κ3) is 7.17. The number of thioether (sulfide) groups is 1. The standard InChI is InChI=1S/C33H36ClN3O2S/c1-36(28-11-3-2-4-12-28)20-8-19-35-32(38)26-17-15-24(16-18-26)22-31-33(39)37(23-25-9-7-10-27(34)21-25)29-13-5-6-14-30(29)40-31/h5-7,9-10,13-18,21-22,28H,2-4,8,11-12,19-20,23H2,1H3,(H,35,38)/b31-22-. The second kappa shape index (κ2) is 13.5. The van der Waals surface area contributed by atoms with Crippen molar-refractivity contribution in [1.82, 2.24) is 10.2 Å². The molecule has 0 spiro atoms. The van der Waals surface area contributed by atoms with E-state index in [1.165, 1.54) is 43.9 Å². The Hall–Kier alpha value is -3.06. The van der Waals surface area contributed by atoms with Gasteiger partial charge < -0.3 is 15.1 Å². The highest BCUT2D eigenvalue weighted by Crippen LogP contribution is 2.42. The third-order valence-corrected chi connectivity index (χ3v) is 9.02. The van der Waals surface area contributed by atoms with Gasteiger partial charge in [-0.2, -0.15) is 0 Å². The van der Waals surface area contributed by atoms with E-state index in [-0.39, 0.29) is 11.8 Å². The molecule has 1 saturated carbocycles. The Balaban J connectivity index is 1.21. The molecule has 1 aliphatic carbocycles. The second-order valence-corrected chi connectivity index (χ2v) is 12.1. The molecule has 0 atom stereocenters. The summed E-state index contributed by atoms with van der Waals surface area (Å²) in [5.41, 5.74) is 3.37. The van der Waals surface area contributed by atoms with Gasteiger partial charge in [-0.15, -0.1) is 0 Å². The number of anilines is 1. The lowest BCUT2D eigenvalue weighted by Crippen LogP contribution is -2.35. The molecule has 0 saturated heterocycles. The Morgan fingerprint density at radius 1 is 1.05 bits per heavy atom. The van der Waals surface area contributed by atoms with Crippen molar-refractivity contribution in [3.63, 3.8) is 0 Å². The SMILES string of the molecule is CN(CCCNC(=O)c1ccc(/C=C2\Sc3ccccc3N(Cc3cccc(Cl)c3)C2=O)cc1)C1CCCCC1. The van der Waals surface area contributed by atoms with E-state index in [1.54, 1.807) is 4.90 Å². The zero-order valence-corrected chi connectivity index (χ0v) is 24.5. The average molecular weight is 574 g/mol. The number of rotatable bonds is 9. The molecule has 1 fully saturated rings. The molecule has 7 heteroatoms. The maximum absolute atomic E-state index is 13.6. The van der Waals surface area contributed by atoms with Crippen molar-refractivity contribution in [2.45, 2.75) is 56.0 Å². The highest BCUT2D eigenvalue weighted by molar-refractivity contribution is 8.04. The van der Waals surface area contributed by atoms with Crippen LogP contribution in [0.1, 0.15) is 60.0 Å². The van der Waals surface area contributed by atoms with Crippen molar-refractivity contribution in [2.24, 2.45) is 0 Å². The highest BCUT2D eigenvalue weighted by Gasteiger charge is 2.29. The van der Waals surface area contributed by atoms with Crippen LogP contribution < -0.4 is 10.2 Å². The predicted molar refractivity (Wildman–Crippen MR) is 166 cm³/mol. The number of carbonyl (C=O) groups excluding carboxylic acids is 2. The van der Waals surface area contributed by atoms with Gasteiger partial charge >= 0.3 is 0 Å². The molecule has 5 nitrogen and oxygen atoms in total. The van der Waals surface area contributed by atoms with E-state index in [9.17, 15) is 9.59 Å². The molecule has 208 valence electrons. The van der Waals surface area contributed by atoms with Gasteiger partial charge in [-0.05, 0) is 86.5 Å². The van der Waals surface area contributed by atoms with Gasteiger partial charge in [0.1, 0.15) is 0 Å². The Morgan fingerprint density at radius 3 is 2.60 bits per heavy atom. The Labute approximate surface area is 246 Å². The normalized spacial score (nSPS) is 16.8. The Bertz CT molecular complexity index is 1370. The molecular formula is C33H36ClN3O2S. The summed E-state index contributed by atoms with van der Waals surface area (Å²) in [5, 5.41) is 3.70. The van der Waals surface area contributed by atoms with Crippen molar-refractivity contribution in [3.05, 3.63) is 99.4 Å². The number of amides is 2. The summed E-state index contributed by atoms with van der Waals surface area (Å²) in [6.45, 7) is 2.10. The van der Waals surface area contributed by atoms with E-state index in [1.807, 2.05) is 78.9 Å². The van der Waals surface area contributed by atoms with Crippen LogP contribution in [-0.2, 0) is 11.3 Å². The van der Waals surface area contributed by atoms with Crippen LogP contribution in [0.15, 0.2) is 82.6 Å². The van der Waals surface area contributed by atoms with E-state index in [0.29, 0.717) is 34.6 Å². The van der Waals surface area contributed by atoms with Crippen molar-refractivity contribution in [3.8, 4) is 0 Å². The first-order valence-electron chi connectivity index (χ1n) is 14.1. The van der Waals surface area contributed by atoms with Gasteiger partial charge in [-0.1, -0.05) is 79.0 Å². The quantitative estimate of drug-likeness (QED) is 0.214. The summed E-state index contributed by atoms with van der Waals surface area (Å²) in [6, 6.07) is 23.7. The van der Waals surface area contributed by atoms with Gasteiger partial charge in [0.15, 0.2) is 0 Å². The predicted octanol–water partition coefficient (Wildman–Crippen LogP) is 7.40. The molecule has 0 radical (unpaired) electrons. The lowest BCUT2D eigenvalue weighted by molar-refractivity contribution is -0.114. The number of para-hydroxylation sites is 1. The number of fused-ring (bicyclic) bond motifs is 1. The number of nitrogens with zero attached hydrogens (tertiary/aromatic N) is 2. The number of halogens is 1. The van der Waals surface area contributed by atoms with E-state index in [0.717, 1.165) is 34.7 Å². The topological polar surface area (TPSA) is 52.7 Å². The third-order valence-electron chi connectivity index (χ3n) is 7.70. The minimum absolute atomic E-state index is 0.0521. The number of hydrogen-bond donors (Lipinski definition) is 1. The summed E-state index contributed by atoms with van der Waals surface area (Å²) in [5.74, 6) is -0.118. The van der Waals surface area contributed by atoms with Crippen LogP contribution >= 0.6 is 23.4 Å². The van der Waals surface area contributed by atoms with Crippen LogP contribution in [0, 0.1) is 0 Å². The van der Waals surface area contributed by atoms with Crippen molar-refractivity contribution in [2.75, 3.05) is 25.0 Å². The van der Waals surface area contributed by atoms with Crippen molar-refractivity contribution in [1.29, 1.82) is 0 Å². The largest absolute Gasteiger partial charge is 0.352 e. The lowest BCUT2D eigenvalue weighted by Gasteiger charge is -2.31. The Kier molecular flexibility index (Phi) is 9.63. The maximum atomic E-state index is 13.6. The molecule has 0 unspecified atom stereocenters. The molecule has 1 heterocycles. The zero-order valence-electron chi connectivity index (χ0n) is 22.9. The molecule has 3 aromatic carbocycles. The minimum atomic E-state index is -0.0655. The molecule has 5 rings (SSSR count). The van der Waals surface area contributed by atoms with Gasteiger partial charge in [0.05, 0.1) is 17.1 Å². The number of benzene rings is 3. The van der Waals surface area contributed by atoms with Crippen LogP contribution in [0.25, 0.3) is 6.08 Å². The Morgan fingerprint density at radius 2 is 1.82 bits per heavy atom. The fourth-order valence-electron chi connectivity index (χ4n) is 5.46. The number of nitrogens with one attached hydrogen (secondary N) is 1. The fourth-order valence-corrected chi connectivity index (χ4v) is 6.73. The molecule has 0 aromatic heterocycles. The smallest absolute Gasteiger partial charge is 0.265 e. The van der Waals surface area contributed by atoms with Gasteiger partial charge in [0, 0.05) is 28.1 Å². The zero-order chi connectivity index (χ0) is 27.9. The van der Waals surface area contributed by atoms with E-state index >= 15 is 0 Å². The maximum Gasteiger partial charge on any atom is 0.265 e. The highest BCUT2D eigenvalue weighted by atomic mass is 35.5. The molecule has 1 N–H and O–H groups in total. The van der Waals surface area contributed by atoms with Gasteiger partial charge in [0.2, 0.25) is 0 Å². The fraction of sp³-hybridized carbons (Fsp3) is 0.333. The summed E-state index contributed by atoms with van der Waals surface area (Å²) in [6.07, 6.45) is 9.46. The molecule has 2 amide bonds. The van der Waals surface area contributed by atoms with E-state index in [4.69, 9.17) is 11.6 Å². The van der Waals surface area contributed by atoms with Crippen LogP contribution in [0.3, 0.4) is 0 Å². The summed E-state index contributed by atoms with van der Waals surface area (Å²) >= 11 is 7.67. The molecular weight excluding hydrogens is 538 g/mol. The summed E-state index contributed by atoms with van der Waals surface area (Å²) in [7, 11) is 2.20. The minimum Gasteiger partial charge on any atom is -0.352 e. The van der Waals surface area contributed by atoms with Crippen LogP contribution in [0.2, 0.25) is 5.02 Å². The first-order chi connectivity index (χ1) is 19.5. The lowest BCUT2D eigenvalue weighted by atomic mass is 9.94. The van der Waals surface area contributed by atoms with Crippen LogP contribution in [0.4, 0.5) is 5.69 Å². The van der Waals surface area contributed by atoms with Crippen molar-refractivity contribution < 1.29 is 9.59 Å². The molecule has 3 aromatic rings. The van der Waals surface area contributed by atoms with Gasteiger partial charge in [0.25, 0.3) is 11.8 Å². The van der Waals surface area contributed by atoms with Crippen molar-refractivity contribution >= 4 is 46.9 Å². The van der Waals surface area contributed by atoms with Crippen LogP contribution in [-0.4, -0.2) is 42.9 Å². The molecule has 0 bridgehead atoms. The first-order valence-corrected chi connectivity index (χ1v) is 15.3. The van der Waals surface area contributed by atoms with Gasteiger partial charge in [-0.3, -0.25) is 9.59 Å². The summed E-state index contributed by atoms with van der Waals surface area (Å²) in [4.78, 5) is 32.2. The van der Waals surface area contributed by atoms with Crippen LogP contribution in [0.5, 0.6) is 0 Å². The molecule has 40 heavy (non-hydrogen) atoms. The van der Waals surface area contributed by atoms with E-state index in [2.05, 4.69) is 17.3 Å². The summed E-state index contributed by atoms with van der Waals surface area (Å²) < 4.78 is 0. The monoisotopic (exact) mass is 573 g/mol. The number of hydrogen-bond acceptors (Lipinski definition) is 4. The molecule has 2 aliphatic rings. The first kappa shape index (κ1) is 28.5. The average Bonchev–Trinajstić information content (AvgIpc) is 2.98. The van der Waals surface area contributed by atoms with Gasteiger partial charge in [-0.25, -0.2) is 0 Å². The van der Waals surface area contributed by atoms with E-state index < -0.39 is 0 Å². The second-order valence-electron chi connectivity index (χ2n) is 10.6. The molecule has 1 aliphatic heterocycles.